The summed E-state index contributed by atoms with van der Waals surface area (Å²) in [6.45, 7) is 2.64. The summed E-state index contributed by atoms with van der Waals surface area (Å²) in [5.74, 6) is 1.61. The lowest BCUT2D eigenvalue weighted by Crippen LogP contribution is -2.41. The van der Waals surface area contributed by atoms with Gasteiger partial charge < -0.3 is 19.7 Å². The van der Waals surface area contributed by atoms with Crippen molar-refractivity contribution in [3.63, 3.8) is 0 Å². The molecule has 1 aromatic carbocycles. The molecule has 1 unspecified atom stereocenters. The molecule has 3 rings (SSSR count). The number of amides is 2. The molecule has 1 N–H and O–H groups in total. The molecule has 1 heterocycles. The van der Waals surface area contributed by atoms with Gasteiger partial charge in [0.15, 0.2) is 0 Å². The minimum absolute atomic E-state index is 0.00659. The van der Waals surface area contributed by atoms with Crippen molar-refractivity contribution in [2.45, 2.75) is 45.1 Å². The zero-order valence-electron chi connectivity index (χ0n) is 15.8. The highest BCUT2D eigenvalue weighted by Gasteiger charge is 2.37. The van der Waals surface area contributed by atoms with E-state index in [0.717, 1.165) is 31.6 Å². The van der Waals surface area contributed by atoms with Gasteiger partial charge in [0.05, 0.1) is 25.8 Å². The molecule has 1 aliphatic heterocycles. The van der Waals surface area contributed by atoms with Crippen LogP contribution in [0, 0.1) is 11.8 Å². The molecule has 0 bridgehead atoms. The molecule has 0 radical (unpaired) electrons. The predicted octanol–water partition coefficient (Wildman–Crippen LogP) is 2.75. The fraction of sp³-hybridized carbons (Fsp3) is 0.600. The first-order chi connectivity index (χ1) is 12.5. The van der Waals surface area contributed by atoms with Gasteiger partial charge >= 0.3 is 0 Å². The van der Waals surface area contributed by atoms with Gasteiger partial charge in [-0.2, -0.15) is 0 Å². The number of carbonyl (C=O) groups is 2. The molecule has 2 aliphatic rings. The lowest BCUT2D eigenvalue weighted by Gasteiger charge is -2.28. The van der Waals surface area contributed by atoms with Crippen LogP contribution in [0.5, 0.6) is 11.5 Å². The second kappa shape index (κ2) is 7.98. The number of anilines is 1. The molecule has 0 spiro atoms. The Bertz CT molecular complexity index is 668. The smallest absolute Gasteiger partial charge is 0.227 e. The van der Waals surface area contributed by atoms with Gasteiger partial charge in [-0.25, -0.2) is 0 Å². The highest BCUT2D eigenvalue weighted by molar-refractivity contribution is 6.01. The molecule has 1 saturated carbocycles. The Labute approximate surface area is 154 Å². The summed E-state index contributed by atoms with van der Waals surface area (Å²) in [6.07, 6.45) is 4.62. The largest absolute Gasteiger partial charge is 0.497 e. The Morgan fingerprint density at radius 3 is 2.54 bits per heavy atom. The van der Waals surface area contributed by atoms with Crippen LogP contribution >= 0.6 is 0 Å². The van der Waals surface area contributed by atoms with Gasteiger partial charge in [0.2, 0.25) is 11.8 Å². The average molecular weight is 360 g/mol. The first-order valence-corrected chi connectivity index (χ1v) is 9.34. The Hall–Kier alpha value is -2.24. The molecule has 0 aromatic heterocycles. The van der Waals surface area contributed by atoms with E-state index >= 15 is 0 Å². The summed E-state index contributed by atoms with van der Waals surface area (Å²) >= 11 is 0. The third-order valence-corrected chi connectivity index (χ3v) is 5.54. The van der Waals surface area contributed by atoms with E-state index in [-0.39, 0.29) is 30.2 Å². The number of nitrogens with zero attached hydrogens (tertiary/aromatic N) is 1. The monoisotopic (exact) mass is 360 g/mol. The summed E-state index contributed by atoms with van der Waals surface area (Å²) in [6, 6.07) is 5.60. The van der Waals surface area contributed by atoms with Crippen LogP contribution in [0.15, 0.2) is 18.2 Å². The van der Waals surface area contributed by atoms with Gasteiger partial charge in [-0.3, -0.25) is 9.59 Å². The van der Waals surface area contributed by atoms with Crippen molar-refractivity contribution in [3.8, 4) is 11.5 Å². The normalized spacial score (nSPS) is 25.9. The van der Waals surface area contributed by atoms with E-state index in [1.54, 1.807) is 37.3 Å². The topological polar surface area (TPSA) is 67.9 Å². The van der Waals surface area contributed by atoms with E-state index in [1.165, 1.54) is 0 Å². The second-order valence-corrected chi connectivity index (χ2v) is 7.41. The minimum Gasteiger partial charge on any atom is -0.497 e. The first kappa shape index (κ1) is 18.5. The van der Waals surface area contributed by atoms with E-state index in [0.29, 0.717) is 23.7 Å². The van der Waals surface area contributed by atoms with Crippen LogP contribution in [0.2, 0.25) is 0 Å². The van der Waals surface area contributed by atoms with Crippen LogP contribution in [0.1, 0.15) is 39.0 Å². The molecule has 26 heavy (non-hydrogen) atoms. The molecule has 1 saturated heterocycles. The highest BCUT2D eigenvalue weighted by Crippen LogP contribution is 2.36. The van der Waals surface area contributed by atoms with Crippen LogP contribution < -0.4 is 19.7 Å². The van der Waals surface area contributed by atoms with Gasteiger partial charge in [0.25, 0.3) is 0 Å². The lowest BCUT2D eigenvalue weighted by molar-refractivity contribution is -0.127. The fourth-order valence-electron chi connectivity index (χ4n) is 3.85. The fourth-order valence-corrected chi connectivity index (χ4v) is 3.85. The maximum Gasteiger partial charge on any atom is 0.227 e. The first-order valence-electron chi connectivity index (χ1n) is 9.34. The van der Waals surface area contributed by atoms with Gasteiger partial charge in [-0.1, -0.05) is 6.92 Å². The van der Waals surface area contributed by atoms with Crippen molar-refractivity contribution >= 4 is 17.5 Å². The summed E-state index contributed by atoms with van der Waals surface area (Å²) in [7, 11) is 3.15. The Kier molecular flexibility index (Phi) is 5.69. The third-order valence-electron chi connectivity index (χ3n) is 5.54. The zero-order chi connectivity index (χ0) is 18.7. The van der Waals surface area contributed by atoms with Crippen LogP contribution in [0.4, 0.5) is 5.69 Å². The number of rotatable bonds is 5. The van der Waals surface area contributed by atoms with Crippen LogP contribution in [-0.4, -0.2) is 38.6 Å². The van der Waals surface area contributed by atoms with Crippen molar-refractivity contribution < 1.29 is 19.1 Å². The van der Waals surface area contributed by atoms with Crippen molar-refractivity contribution in [1.29, 1.82) is 0 Å². The molecule has 142 valence electrons. The summed E-state index contributed by atoms with van der Waals surface area (Å²) in [5, 5.41) is 3.15. The lowest BCUT2D eigenvalue weighted by atomic mass is 9.87. The molecule has 1 aromatic rings. The minimum atomic E-state index is -0.311. The average Bonchev–Trinajstić information content (AvgIpc) is 3.04. The van der Waals surface area contributed by atoms with Crippen molar-refractivity contribution in [1.82, 2.24) is 5.32 Å². The number of nitrogens with one attached hydrogen (secondary N) is 1. The number of hydrogen-bond acceptors (Lipinski definition) is 4. The standard InChI is InChI=1S/C20H28N2O4/c1-13-4-6-15(7-5-13)21-20(24)14-10-19(23)22(12-14)17-9-8-16(25-2)11-18(17)26-3/h8-9,11,13-15H,4-7,10,12H2,1-3H3,(H,21,24). The van der Waals surface area contributed by atoms with Crippen LogP contribution in [-0.2, 0) is 9.59 Å². The molecule has 2 fully saturated rings. The highest BCUT2D eigenvalue weighted by atomic mass is 16.5. The molecule has 1 aliphatic carbocycles. The number of hydrogen-bond donors (Lipinski definition) is 1. The predicted molar refractivity (Wildman–Crippen MR) is 99.6 cm³/mol. The zero-order valence-corrected chi connectivity index (χ0v) is 15.8. The molecule has 6 nitrogen and oxygen atoms in total. The Morgan fingerprint density at radius 1 is 1.15 bits per heavy atom. The number of methoxy groups -OCH3 is 2. The number of ether oxygens (including phenoxy) is 2. The maximum absolute atomic E-state index is 12.6. The quantitative estimate of drug-likeness (QED) is 0.877. The van der Waals surface area contributed by atoms with Gasteiger partial charge in [-0.15, -0.1) is 0 Å². The Morgan fingerprint density at radius 2 is 1.88 bits per heavy atom. The molecule has 6 heteroatoms. The van der Waals surface area contributed by atoms with E-state index in [2.05, 4.69) is 12.2 Å². The third kappa shape index (κ3) is 3.94. The Balaban J connectivity index is 1.66. The van der Waals surface area contributed by atoms with Gasteiger partial charge in [0, 0.05) is 25.1 Å². The van der Waals surface area contributed by atoms with E-state index in [9.17, 15) is 9.59 Å². The molecular formula is C20H28N2O4. The molecular weight excluding hydrogens is 332 g/mol. The van der Waals surface area contributed by atoms with E-state index < -0.39 is 0 Å². The van der Waals surface area contributed by atoms with Crippen LogP contribution in [0.25, 0.3) is 0 Å². The number of benzene rings is 1. The van der Waals surface area contributed by atoms with Crippen LogP contribution in [0.3, 0.4) is 0 Å². The van der Waals surface area contributed by atoms with Crippen molar-refractivity contribution in [2.24, 2.45) is 11.8 Å². The maximum atomic E-state index is 12.6. The van der Waals surface area contributed by atoms with E-state index in [4.69, 9.17) is 9.47 Å². The SMILES string of the molecule is COc1ccc(N2CC(C(=O)NC3CCC(C)CC3)CC2=O)c(OC)c1. The molecule has 2 amide bonds. The van der Waals surface area contributed by atoms with Gasteiger partial charge in [0.1, 0.15) is 11.5 Å². The van der Waals surface area contributed by atoms with E-state index in [1.807, 2.05) is 0 Å². The molecule has 1 atom stereocenters. The van der Waals surface area contributed by atoms with Gasteiger partial charge in [-0.05, 0) is 43.7 Å². The van der Waals surface area contributed by atoms with Crippen molar-refractivity contribution in [2.75, 3.05) is 25.7 Å². The second-order valence-electron chi connectivity index (χ2n) is 7.41. The van der Waals surface area contributed by atoms with Crippen molar-refractivity contribution in [3.05, 3.63) is 18.2 Å². The number of carbonyl (C=O) groups excluding carboxylic acids is 2. The summed E-state index contributed by atoms with van der Waals surface area (Å²) < 4.78 is 10.6. The summed E-state index contributed by atoms with van der Waals surface area (Å²) in [5.41, 5.74) is 0.681. The summed E-state index contributed by atoms with van der Waals surface area (Å²) in [4.78, 5) is 26.8.